The van der Waals surface area contributed by atoms with Crippen LogP contribution in [0.1, 0.15) is 80.9 Å². The molecule has 0 atom stereocenters. The minimum atomic E-state index is -4.57. The first-order chi connectivity index (χ1) is 16.9. The number of nitrogens with one attached hydrogen (secondary N) is 2. The summed E-state index contributed by atoms with van der Waals surface area (Å²) < 4.78 is 41.2. The molecule has 0 bridgehead atoms. The van der Waals surface area contributed by atoms with Gasteiger partial charge in [-0.25, -0.2) is 4.98 Å². The Kier molecular flexibility index (Phi) is 8.26. The summed E-state index contributed by atoms with van der Waals surface area (Å²) in [4.78, 5) is 8.18. The third kappa shape index (κ3) is 6.74. The van der Waals surface area contributed by atoms with Gasteiger partial charge in [-0.15, -0.1) is 0 Å². The number of unbranched alkanes of at least 4 members (excludes halogenated alkanes) is 2. The highest BCUT2D eigenvalue weighted by atomic mass is 19.4. The smallest absolute Gasteiger partial charge is 0.339 e. The second-order valence-corrected chi connectivity index (χ2v) is 9.27. The van der Waals surface area contributed by atoms with Crippen LogP contribution in [0.2, 0.25) is 0 Å². The summed E-state index contributed by atoms with van der Waals surface area (Å²) in [5, 5.41) is 6.01. The van der Waals surface area contributed by atoms with E-state index in [1.807, 2.05) is 30.3 Å². The van der Waals surface area contributed by atoms with Crippen molar-refractivity contribution in [1.29, 1.82) is 0 Å². The Bertz CT molecular complexity index is 1090. The van der Waals surface area contributed by atoms with E-state index >= 15 is 0 Å². The summed E-state index contributed by atoms with van der Waals surface area (Å²) in [7, 11) is 0. The van der Waals surface area contributed by atoms with Crippen LogP contribution in [0.3, 0.4) is 0 Å². The summed E-state index contributed by atoms with van der Waals surface area (Å²) in [5.74, 6) is 0.458. The number of benzene rings is 2. The van der Waals surface area contributed by atoms with Gasteiger partial charge in [-0.05, 0) is 60.9 Å². The van der Waals surface area contributed by atoms with Crippen molar-refractivity contribution in [3.8, 4) is 0 Å². The van der Waals surface area contributed by atoms with E-state index in [9.17, 15) is 13.2 Å². The molecule has 1 aliphatic carbocycles. The van der Waals surface area contributed by atoms with Crippen LogP contribution in [-0.2, 0) is 12.6 Å². The lowest BCUT2D eigenvalue weighted by molar-refractivity contribution is -0.137. The molecular weight excluding hydrogens is 449 g/mol. The van der Waals surface area contributed by atoms with Crippen molar-refractivity contribution in [2.24, 2.45) is 0 Å². The van der Waals surface area contributed by atoms with Crippen molar-refractivity contribution in [3.63, 3.8) is 0 Å². The molecule has 0 amide bonds. The van der Waals surface area contributed by atoms with E-state index in [2.05, 4.69) is 39.7 Å². The zero-order valence-electron chi connectivity index (χ0n) is 20.2. The SMILES string of the molecule is CCCCCc1ccccc1Nc1nc(Nc2ccc(C3CCCCC3)cc2)ncc1C(F)(F)F. The molecule has 0 spiro atoms. The lowest BCUT2D eigenvalue weighted by atomic mass is 9.84. The predicted octanol–water partition coefficient (Wildman–Crippen LogP) is 8.76. The molecule has 7 heteroatoms. The molecule has 4 rings (SSSR count). The largest absolute Gasteiger partial charge is 0.421 e. The number of nitrogens with zero attached hydrogens (tertiary/aromatic N) is 2. The van der Waals surface area contributed by atoms with Crippen molar-refractivity contribution in [2.45, 2.75) is 76.8 Å². The number of aromatic nitrogens is 2. The average Bonchev–Trinajstić information content (AvgIpc) is 2.86. The Labute approximate surface area is 205 Å². The van der Waals surface area contributed by atoms with Gasteiger partial charge in [0.2, 0.25) is 5.95 Å². The minimum absolute atomic E-state index is 0.120. The second kappa shape index (κ2) is 11.6. The number of alkyl halides is 3. The number of aryl methyl sites for hydroxylation is 1. The van der Waals surface area contributed by atoms with Gasteiger partial charge >= 0.3 is 6.18 Å². The van der Waals surface area contributed by atoms with Crippen LogP contribution in [0, 0.1) is 0 Å². The Balaban J connectivity index is 1.55. The van der Waals surface area contributed by atoms with Crippen molar-refractivity contribution >= 4 is 23.1 Å². The van der Waals surface area contributed by atoms with Crippen LogP contribution >= 0.6 is 0 Å². The summed E-state index contributed by atoms with van der Waals surface area (Å²) >= 11 is 0. The van der Waals surface area contributed by atoms with Gasteiger partial charge in [-0.3, -0.25) is 0 Å². The monoisotopic (exact) mass is 482 g/mol. The van der Waals surface area contributed by atoms with Gasteiger partial charge in [-0.2, -0.15) is 18.2 Å². The molecule has 1 aromatic heterocycles. The average molecular weight is 483 g/mol. The van der Waals surface area contributed by atoms with E-state index in [4.69, 9.17) is 0 Å². The highest BCUT2D eigenvalue weighted by Crippen LogP contribution is 2.36. The molecule has 1 heterocycles. The highest BCUT2D eigenvalue weighted by Gasteiger charge is 2.35. The number of hydrogen-bond donors (Lipinski definition) is 2. The molecule has 2 aromatic carbocycles. The molecule has 3 aromatic rings. The molecule has 0 unspecified atom stereocenters. The van der Waals surface area contributed by atoms with E-state index < -0.39 is 11.7 Å². The van der Waals surface area contributed by atoms with Crippen molar-refractivity contribution < 1.29 is 13.2 Å². The standard InChI is InChI=1S/C28H33F3N4/c1-2-3-5-12-22-13-8-9-14-25(22)34-26-24(28(29,30)31)19-32-27(35-26)33-23-17-15-21(16-18-23)20-10-6-4-7-11-20/h8-9,13-20H,2-7,10-12H2,1H3,(H2,32,33,34,35). The molecule has 0 aliphatic heterocycles. The Morgan fingerprint density at radius 1 is 0.914 bits per heavy atom. The van der Waals surface area contributed by atoms with Crippen LogP contribution in [0.25, 0.3) is 0 Å². The van der Waals surface area contributed by atoms with Gasteiger partial charge in [0.1, 0.15) is 11.4 Å². The molecule has 1 saturated carbocycles. The Hall–Kier alpha value is -3.09. The van der Waals surface area contributed by atoms with Crippen LogP contribution in [0.5, 0.6) is 0 Å². The quantitative estimate of drug-likeness (QED) is 0.299. The van der Waals surface area contributed by atoms with Gasteiger partial charge in [0, 0.05) is 17.6 Å². The molecule has 0 radical (unpaired) electrons. The van der Waals surface area contributed by atoms with E-state index in [1.54, 1.807) is 6.07 Å². The maximum atomic E-state index is 13.7. The summed E-state index contributed by atoms with van der Waals surface area (Å²) in [5.41, 5.74) is 2.77. The van der Waals surface area contributed by atoms with Gasteiger partial charge < -0.3 is 10.6 Å². The van der Waals surface area contributed by atoms with Gasteiger partial charge in [0.25, 0.3) is 0 Å². The van der Waals surface area contributed by atoms with Gasteiger partial charge in [0.05, 0.1) is 0 Å². The maximum Gasteiger partial charge on any atom is 0.421 e. The molecule has 4 nitrogen and oxygen atoms in total. The number of hydrogen-bond acceptors (Lipinski definition) is 4. The third-order valence-corrected chi connectivity index (χ3v) is 6.66. The first-order valence-electron chi connectivity index (χ1n) is 12.6. The van der Waals surface area contributed by atoms with Crippen LogP contribution < -0.4 is 10.6 Å². The van der Waals surface area contributed by atoms with Gasteiger partial charge in [-0.1, -0.05) is 69.4 Å². The zero-order valence-corrected chi connectivity index (χ0v) is 20.2. The molecule has 186 valence electrons. The topological polar surface area (TPSA) is 49.8 Å². The molecular formula is C28H33F3N4. The minimum Gasteiger partial charge on any atom is -0.339 e. The van der Waals surface area contributed by atoms with Crippen molar-refractivity contribution in [2.75, 3.05) is 10.6 Å². The fraction of sp³-hybridized carbons (Fsp3) is 0.429. The molecule has 35 heavy (non-hydrogen) atoms. The number of para-hydroxylation sites is 1. The van der Waals surface area contributed by atoms with Crippen LogP contribution in [0.4, 0.5) is 36.3 Å². The third-order valence-electron chi connectivity index (χ3n) is 6.66. The molecule has 0 saturated heterocycles. The van der Waals surface area contributed by atoms with Crippen LogP contribution in [-0.4, -0.2) is 9.97 Å². The normalized spacial score (nSPS) is 14.6. The number of rotatable bonds is 9. The Morgan fingerprint density at radius 3 is 2.37 bits per heavy atom. The summed E-state index contributed by atoms with van der Waals surface area (Å²) in [6.07, 6.45) is 6.46. The predicted molar refractivity (Wildman–Crippen MR) is 136 cm³/mol. The first kappa shape index (κ1) is 25.0. The molecule has 2 N–H and O–H groups in total. The lowest BCUT2D eigenvalue weighted by Gasteiger charge is -2.22. The molecule has 1 aliphatic rings. The maximum absolute atomic E-state index is 13.7. The zero-order chi connectivity index (χ0) is 24.7. The Morgan fingerprint density at radius 2 is 1.66 bits per heavy atom. The lowest BCUT2D eigenvalue weighted by Crippen LogP contribution is -2.13. The first-order valence-corrected chi connectivity index (χ1v) is 12.6. The summed E-state index contributed by atoms with van der Waals surface area (Å²) in [6.45, 7) is 2.12. The van der Waals surface area contributed by atoms with E-state index in [0.29, 0.717) is 11.6 Å². The number of halogens is 3. The molecule has 1 fully saturated rings. The van der Waals surface area contributed by atoms with E-state index in [-0.39, 0.29) is 11.8 Å². The van der Waals surface area contributed by atoms with Crippen molar-refractivity contribution in [3.05, 3.63) is 71.4 Å². The van der Waals surface area contributed by atoms with Crippen LogP contribution in [0.15, 0.2) is 54.7 Å². The fourth-order valence-corrected chi connectivity index (χ4v) is 4.70. The fourth-order valence-electron chi connectivity index (χ4n) is 4.70. The number of anilines is 4. The highest BCUT2D eigenvalue weighted by molar-refractivity contribution is 5.65. The van der Waals surface area contributed by atoms with Gasteiger partial charge in [0.15, 0.2) is 0 Å². The van der Waals surface area contributed by atoms with E-state index in [1.165, 1.54) is 37.7 Å². The van der Waals surface area contributed by atoms with E-state index in [0.717, 1.165) is 43.1 Å². The second-order valence-electron chi connectivity index (χ2n) is 9.27. The summed E-state index contributed by atoms with van der Waals surface area (Å²) in [6, 6.07) is 15.5. The van der Waals surface area contributed by atoms with Crippen molar-refractivity contribution in [1.82, 2.24) is 9.97 Å².